The van der Waals surface area contributed by atoms with Gasteiger partial charge in [-0.3, -0.25) is 9.59 Å². The Morgan fingerprint density at radius 3 is 2.46 bits per heavy atom. The molecule has 0 saturated carbocycles. The Balaban J connectivity index is 1.76. The fourth-order valence-electron chi connectivity index (χ4n) is 2.46. The van der Waals surface area contributed by atoms with Gasteiger partial charge in [0.2, 0.25) is 0 Å². The monoisotopic (exact) mass is 364 g/mol. The van der Waals surface area contributed by atoms with Gasteiger partial charge in [-0.2, -0.15) is 0 Å². The van der Waals surface area contributed by atoms with Gasteiger partial charge >= 0.3 is 0 Å². The van der Waals surface area contributed by atoms with E-state index in [2.05, 4.69) is 10.6 Å². The van der Waals surface area contributed by atoms with Crippen molar-refractivity contribution in [2.75, 3.05) is 5.32 Å². The van der Waals surface area contributed by atoms with Crippen molar-refractivity contribution in [3.63, 3.8) is 0 Å². The van der Waals surface area contributed by atoms with Crippen LogP contribution < -0.4 is 15.4 Å². The lowest BCUT2D eigenvalue weighted by Gasteiger charge is -2.31. The van der Waals surface area contributed by atoms with E-state index in [0.29, 0.717) is 23.6 Å². The third kappa shape index (κ3) is 3.35. The molecular formula is C18H15F3N2O3. The van der Waals surface area contributed by atoms with Crippen LogP contribution in [0.15, 0.2) is 30.3 Å². The molecule has 0 atom stereocenters. The third-order valence-corrected chi connectivity index (χ3v) is 3.93. The van der Waals surface area contributed by atoms with Gasteiger partial charge in [-0.05, 0) is 32.0 Å². The van der Waals surface area contributed by atoms with E-state index in [4.69, 9.17) is 4.74 Å². The summed E-state index contributed by atoms with van der Waals surface area (Å²) in [4.78, 5) is 24.1. The molecular weight excluding hydrogens is 349 g/mol. The number of amides is 2. The largest absolute Gasteiger partial charge is 0.476 e. The molecule has 0 fully saturated rings. The van der Waals surface area contributed by atoms with E-state index >= 15 is 0 Å². The second kappa shape index (κ2) is 6.36. The molecule has 5 nitrogen and oxygen atoms in total. The van der Waals surface area contributed by atoms with Crippen molar-refractivity contribution in [2.45, 2.75) is 26.0 Å². The Hall–Kier alpha value is -3.03. The summed E-state index contributed by atoms with van der Waals surface area (Å²) in [5.74, 6) is -3.79. The summed E-state index contributed by atoms with van der Waals surface area (Å²) in [5, 5.41) is 4.99. The van der Waals surface area contributed by atoms with Crippen LogP contribution in [0.1, 0.15) is 29.8 Å². The minimum atomic E-state index is -1.09. The summed E-state index contributed by atoms with van der Waals surface area (Å²) in [6.45, 7) is 2.76. The van der Waals surface area contributed by atoms with Gasteiger partial charge in [-0.15, -0.1) is 0 Å². The Morgan fingerprint density at radius 2 is 1.81 bits per heavy atom. The van der Waals surface area contributed by atoms with Crippen LogP contribution in [-0.2, 0) is 11.3 Å². The number of anilines is 1. The van der Waals surface area contributed by atoms with Gasteiger partial charge in [-0.25, -0.2) is 13.2 Å². The first-order valence-electron chi connectivity index (χ1n) is 7.73. The highest BCUT2D eigenvalue weighted by atomic mass is 19.1. The molecule has 0 unspecified atom stereocenters. The van der Waals surface area contributed by atoms with E-state index in [1.165, 1.54) is 18.2 Å². The minimum Gasteiger partial charge on any atom is -0.476 e. The Kier molecular flexibility index (Phi) is 4.35. The maximum absolute atomic E-state index is 13.6. The Morgan fingerprint density at radius 1 is 1.15 bits per heavy atom. The van der Waals surface area contributed by atoms with Crippen molar-refractivity contribution in [3.05, 3.63) is 58.9 Å². The summed E-state index contributed by atoms with van der Waals surface area (Å²) in [6.07, 6.45) is 0. The fraction of sp³-hybridized carbons (Fsp3) is 0.222. The SMILES string of the molecule is CC1(C)Oc2ccc(C(=O)NCc3c(F)cc(F)cc3F)cc2NC1=O. The van der Waals surface area contributed by atoms with E-state index < -0.39 is 41.1 Å². The first-order chi connectivity index (χ1) is 12.2. The first-order valence-corrected chi connectivity index (χ1v) is 7.73. The molecule has 3 rings (SSSR count). The van der Waals surface area contributed by atoms with Gasteiger partial charge in [0.05, 0.1) is 5.69 Å². The van der Waals surface area contributed by atoms with E-state index in [-0.39, 0.29) is 11.5 Å². The number of halogens is 3. The highest BCUT2D eigenvalue weighted by molar-refractivity contribution is 6.02. The quantitative estimate of drug-likeness (QED) is 0.879. The zero-order valence-electron chi connectivity index (χ0n) is 14.0. The fourth-order valence-corrected chi connectivity index (χ4v) is 2.46. The van der Waals surface area contributed by atoms with Crippen LogP contribution in [0.3, 0.4) is 0 Å². The van der Waals surface area contributed by atoms with Gasteiger partial charge in [0, 0.05) is 29.8 Å². The van der Waals surface area contributed by atoms with Crippen molar-refractivity contribution in [1.82, 2.24) is 5.32 Å². The molecule has 0 spiro atoms. The summed E-state index contributed by atoms with van der Waals surface area (Å²) >= 11 is 0. The van der Waals surface area contributed by atoms with Gasteiger partial charge < -0.3 is 15.4 Å². The van der Waals surface area contributed by atoms with Gasteiger partial charge in [0.25, 0.3) is 11.8 Å². The summed E-state index contributed by atoms with van der Waals surface area (Å²) in [7, 11) is 0. The van der Waals surface area contributed by atoms with Crippen molar-refractivity contribution >= 4 is 17.5 Å². The number of fused-ring (bicyclic) bond motifs is 1. The molecule has 1 aliphatic heterocycles. The maximum atomic E-state index is 13.6. The minimum absolute atomic E-state index is 0.162. The molecule has 1 heterocycles. The predicted octanol–water partition coefficient (Wildman–Crippen LogP) is 3.14. The highest BCUT2D eigenvalue weighted by Crippen LogP contribution is 2.34. The smallest absolute Gasteiger partial charge is 0.268 e. The number of carbonyl (C=O) groups excluding carboxylic acids is 2. The number of hydrogen-bond acceptors (Lipinski definition) is 3. The van der Waals surface area contributed by atoms with Crippen LogP contribution in [-0.4, -0.2) is 17.4 Å². The van der Waals surface area contributed by atoms with Crippen LogP contribution in [0.2, 0.25) is 0 Å². The van der Waals surface area contributed by atoms with Crippen molar-refractivity contribution < 1.29 is 27.5 Å². The normalized spacial score (nSPS) is 14.9. The second-order valence-electron chi connectivity index (χ2n) is 6.31. The van der Waals surface area contributed by atoms with Crippen molar-refractivity contribution in [3.8, 4) is 5.75 Å². The van der Waals surface area contributed by atoms with Crippen LogP contribution in [0.4, 0.5) is 18.9 Å². The Bertz CT molecular complexity index is 890. The molecule has 0 aliphatic carbocycles. The summed E-state index contributed by atoms with van der Waals surface area (Å²) in [6, 6.07) is 5.45. The maximum Gasteiger partial charge on any atom is 0.268 e. The highest BCUT2D eigenvalue weighted by Gasteiger charge is 2.35. The van der Waals surface area contributed by atoms with Crippen molar-refractivity contribution in [2.24, 2.45) is 0 Å². The Labute approximate surface area is 147 Å². The number of hydrogen-bond donors (Lipinski definition) is 2. The standard InChI is InChI=1S/C18H15F3N2O3/c1-18(2)17(25)23-14-5-9(3-4-15(14)26-18)16(24)22-8-11-12(20)6-10(19)7-13(11)21/h3-7H,8H2,1-2H3,(H,22,24)(H,23,25). The zero-order valence-corrected chi connectivity index (χ0v) is 14.0. The zero-order chi connectivity index (χ0) is 19.1. The third-order valence-electron chi connectivity index (χ3n) is 3.93. The van der Waals surface area contributed by atoms with Crippen LogP contribution in [0.25, 0.3) is 0 Å². The van der Waals surface area contributed by atoms with Crippen LogP contribution in [0, 0.1) is 17.5 Å². The van der Waals surface area contributed by atoms with E-state index in [0.717, 1.165) is 0 Å². The van der Waals surface area contributed by atoms with Gasteiger partial charge in [0.1, 0.15) is 23.2 Å². The lowest BCUT2D eigenvalue weighted by Crippen LogP contribution is -2.45. The molecule has 2 aromatic carbocycles. The molecule has 2 N–H and O–H groups in total. The topological polar surface area (TPSA) is 67.4 Å². The molecule has 26 heavy (non-hydrogen) atoms. The van der Waals surface area contributed by atoms with E-state index in [1.54, 1.807) is 13.8 Å². The lowest BCUT2D eigenvalue weighted by atomic mass is 10.0. The van der Waals surface area contributed by atoms with E-state index in [9.17, 15) is 22.8 Å². The van der Waals surface area contributed by atoms with Crippen molar-refractivity contribution in [1.29, 1.82) is 0 Å². The molecule has 2 aromatic rings. The van der Waals surface area contributed by atoms with Crippen LogP contribution in [0.5, 0.6) is 5.75 Å². The molecule has 0 saturated heterocycles. The number of benzene rings is 2. The van der Waals surface area contributed by atoms with Gasteiger partial charge in [-0.1, -0.05) is 0 Å². The number of rotatable bonds is 3. The molecule has 1 aliphatic rings. The summed E-state index contributed by atoms with van der Waals surface area (Å²) < 4.78 is 45.7. The van der Waals surface area contributed by atoms with Gasteiger partial charge in [0.15, 0.2) is 5.60 Å². The predicted molar refractivity (Wildman–Crippen MR) is 87.3 cm³/mol. The average Bonchev–Trinajstić information content (AvgIpc) is 2.54. The molecule has 0 aromatic heterocycles. The number of carbonyl (C=O) groups is 2. The summed E-state index contributed by atoms with van der Waals surface area (Å²) in [5.41, 5.74) is -0.999. The molecule has 136 valence electrons. The lowest BCUT2D eigenvalue weighted by molar-refractivity contribution is -0.129. The number of nitrogens with one attached hydrogen (secondary N) is 2. The second-order valence-corrected chi connectivity index (χ2v) is 6.31. The molecule has 0 radical (unpaired) electrons. The molecule has 0 bridgehead atoms. The average molecular weight is 364 g/mol. The van der Waals surface area contributed by atoms with Crippen LogP contribution >= 0.6 is 0 Å². The molecule has 8 heteroatoms. The number of ether oxygens (including phenoxy) is 1. The first kappa shape index (κ1) is 17.8. The molecule has 2 amide bonds. The van der Waals surface area contributed by atoms with E-state index in [1.807, 2.05) is 0 Å².